The Bertz CT molecular complexity index is 690. The maximum atomic E-state index is 6.44. The number of benzene rings is 2. The summed E-state index contributed by atoms with van der Waals surface area (Å²) in [4.78, 5) is 2.44. The van der Waals surface area contributed by atoms with E-state index in [4.69, 9.17) is 39.5 Å². The van der Waals surface area contributed by atoms with E-state index < -0.39 is 0 Å². The molecule has 1 heterocycles. The van der Waals surface area contributed by atoms with E-state index in [1.807, 2.05) is 48.2 Å². The Morgan fingerprint density at radius 1 is 0.960 bits per heavy atom. The lowest BCUT2D eigenvalue weighted by molar-refractivity contribution is 0.0157. The molecule has 1 fully saturated rings. The van der Waals surface area contributed by atoms with E-state index in [0.717, 1.165) is 47.3 Å². The van der Waals surface area contributed by atoms with Crippen molar-refractivity contribution in [3.05, 3.63) is 68.7 Å². The van der Waals surface area contributed by atoms with E-state index >= 15 is 0 Å². The second kappa shape index (κ2) is 9.50. The van der Waals surface area contributed by atoms with Gasteiger partial charge in [-0.3, -0.25) is 4.90 Å². The number of hydrogen-bond donors (Lipinski definition) is 0. The standard InChI is InChI=1S/C19H20Cl3NOS/c20-15-3-1-14(2-4-15)13-24-19(12-23-7-9-25-10-8-23)17-6-5-16(21)11-18(17)22/h1-6,11,19H,7-10,12-13H2. The SMILES string of the molecule is Clc1ccc(COC(CN2CCSCC2)c2ccc(Cl)cc2Cl)cc1. The van der Waals surface area contributed by atoms with Gasteiger partial charge in [0.05, 0.1) is 12.7 Å². The second-order valence-corrected chi connectivity index (χ2v) is 8.51. The van der Waals surface area contributed by atoms with Crippen molar-refractivity contribution in [1.82, 2.24) is 4.90 Å². The minimum Gasteiger partial charge on any atom is -0.367 e. The van der Waals surface area contributed by atoms with Crippen LogP contribution < -0.4 is 0 Å². The third kappa shape index (κ3) is 5.78. The van der Waals surface area contributed by atoms with Crippen LogP contribution in [0.25, 0.3) is 0 Å². The Balaban J connectivity index is 1.74. The van der Waals surface area contributed by atoms with Crippen LogP contribution in [-0.4, -0.2) is 36.0 Å². The molecule has 0 bridgehead atoms. The van der Waals surface area contributed by atoms with Crippen molar-refractivity contribution in [2.75, 3.05) is 31.1 Å². The van der Waals surface area contributed by atoms with E-state index in [-0.39, 0.29) is 6.10 Å². The molecule has 25 heavy (non-hydrogen) atoms. The zero-order chi connectivity index (χ0) is 17.6. The van der Waals surface area contributed by atoms with E-state index in [0.29, 0.717) is 16.7 Å². The van der Waals surface area contributed by atoms with Gasteiger partial charge in [-0.15, -0.1) is 0 Å². The molecule has 0 N–H and O–H groups in total. The highest BCUT2D eigenvalue weighted by Gasteiger charge is 2.21. The van der Waals surface area contributed by atoms with Gasteiger partial charge in [0, 0.05) is 51.8 Å². The van der Waals surface area contributed by atoms with Crippen LogP contribution in [0, 0.1) is 0 Å². The van der Waals surface area contributed by atoms with Gasteiger partial charge in [0.25, 0.3) is 0 Å². The Kier molecular flexibility index (Phi) is 7.35. The van der Waals surface area contributed by atoms with Gasteiger partial charge in [0.1, 0.15) is 0 Å². The molecular formula is C19H20Cl3NOS. The van der Waals surface area contributed by atoms with Crippen molar-refractivity contribution in [3.63, 3.8) is 0 Å². The lowest BCUT2D eigenvalue weighted by atomic mass is 10.1. The number of hydrogen-bond acceptors (Lipinski definition) is 3. The molecule has 1 saturated heterocycles. The molecule has 2 aromatic rings. The molecule has 1 atom stereocenters. The lowest BCUT2D eigenvalue weighted by Crippen LogP contribution is -2.36. The zero-order valence-electron chi connectivity index (χ0n) is 13.8. The summed E-state index contributed by atoms with van der Waals surface area (Å²) in [6.45, 7) is 3.51. The summed E-state index contributed by atoms with van der Waals surface area (Å²) < 4.78 is 6.26. The molecule has 134 valence electrons. The van der Waals surface area contributed by atoms with Crippen molar-refractivity contribution < 1.29 is 4.74 Å². The largest absolute Gasteiger partial charge is 0.367 e. The van der Waals surface area contributed by atoms with Gasteiger partial charge in [-0.1, -0.05) is 53.0 Å². The third-order valence-electron chi connectivity index (χ3n) is 4.20. The molecule has 0 aliphatic carbocycles. The normalized spacial score (nSPS) is 16.8. The average molecular weight is 417 g/mol. The maximum absolute atomic E-state index is 6.44. The first-order valence-electron chi connectivity index (χ1n) is 8.23. The molecule has 6 heteroatoms. The quantitative estimate of drug-likeness (QED) is 0.577. The van der Waals surface area contributed by atoms with Crippen LogP contribution >= 0.6 is 46.6 Å². The first-order chi connectivity index (χ1) is 12.1. The van der Waals surface area contributed by atoms with Gasteiger partial charge < -0.3 is 4.74 Å². The van der Waals surface area contributed by atoms with Gasteiger partial charge in [-0.25, -0.2) is 0 Å². The van der Waals surface area contributed by atoms with Crippen LogP contribution in [0.5, 0.6) is 0 Å². The van der Waals surface area contributed by atoms with Gasteiger partial charge in [0.15, 0.2) is 0 Å². The van der Waals surface area contributed by atoms with Crippen LogP contribution in [-0.2, 0) is 11.3 Å². The highest BCUT2D eigenvalue weighted by Crippen LogP contribution is 2.30. The minimum atomic E-state index is -0.0939. The van der Waals surface area contributed by atoms with Crippen LogP contribution in [0.15, 0.2) is 42.5 Å². The Labute approximate surface area is 168 Å². The Morgan fingerprint density at radius 3 is 2.32 bits per heavy atom. The smallest absolute Gasteiger partial charge is 0.0970 e. The van der Waals surface area contributed by atoms with Gasteiger partial charge in [-0.2, -0.15) is 11.8 Å². The summed E-state index contributed by atoms with van der Waals surface area (Å²) in [5, 5.41) is 2.02. The first kappa shape index (κ1) is 19.3. The monoisotopic (exact) mass is 415 g/mol. The molecule has 0 aromatic heterocycles. The summed E-state index contributed by atoms with van der Waals surface area (Å²) in [6, 6.07) is 13.4. The molecule has 1 aliphatic heterocycles. The van der Waals surface area contributed by atoms with Crippen LogP contribution in [0.3, 0.4) is 0 Å². The topological polar surface area (TPSA) is 12.5 Å². The van der Waals surface area contributed by atoms with Crippen molar-refractivity contribution in [1.29, 1.82) is 0 Å². The summed E-state index contributed by atoms with van der Waals surface area (Å²) in [7, 11) is 0. The summed E-state index contributed by atoms with van der Waals surface area (Å²) in [5.74, 6) is 2.33. The van der Waals surface area contributed by atoms with Crippen LogP contribution in [0.4, 0.5) is 0 Å². The van der Waals surface area contributed by atoms with E-state index in [9.17, 15) is 0 Å². The summed E-state index contributed by atoms with van der Waals surface area (Å²) in [6.07, 6.45) is -0.0939. The predicted molar refractivity (Wildman–Crippen MR) is 109 cm³/mol. The third-order valence-corrected chi connectivity index (χ3v) is 5.96. The van der Waals surface area contributed by atoms with Crippen molar-refractivity contribution in [2.24, 2.45) is 0 Å². The van der Waals surface area contributed by atoms with Crippen LogP contribution in [0.2, 0.25) is 15.1 Å². The molecule has 2 nitrogen and oxygen atoms in total. The average Bonchev–Trinajstić information content (AvgIpc) is 2.61. The van der Waals surface area contributed by atoms with E-state index in [1.54, 1.807) is 6.07 Å². The van der Waals surface area contributed by atoms with E-state index in [2.05, 4.69) is 4.90 Å². The molecule has 1 unspecified atom stereocenters. The fourth-order valence-corrected chi connectivity index (χ4v) is 4.43. The van der Waals surface area contributed by atoms with Gasteiger partial charge in [0.2, 0.25) is 0 Å². The number of halogens is 3. The molecule has 2 aromatic carbocycles. The molecular weight excluding hydrogens is 397 g/mol. The van der Waals surface area contributed by atoms with Crippen molar-refractivity contribution in [2.45, 2.75) is 12.7 Å². The number of ether oxygens (including phenoxy) is 1. The Hall–Kier alpha value is -0.420. The molecule has 0 spiro atoms. The molecule has 3 rings (SSSR count). The lowest BCUT2D eigenvalue weighted by Gasteiger charge is -2.30. The van der Waals surface area contributed by atoms with E-state index in [1.165, 1.54) is 0 Å². The number of nitrogens with zero attached hydrogens (tertiary/aromatic N) is 1. The molecule has 0 saturated carbocycles. The van der Waals surface area contributed by atoms with Gasteiger partial charge in [-0.05, 0) is 29.8 Å². The first-order valence-corrected chi connectivity index (χ1v) is 10.5. The molecule has 0 amide bonds. The fraction of sp³-hybridized carbons (Fsp3) is 0.368. The molecule has 0 radical (unpaired) electrons. The maximum Gasteiger partial charge on any atom is 0.0970 e. The highest BCUT2D eigenvalue weighted by atomic mass is 35.5. The summed E-state index contributed by atoms with van der Waals surface area (Å²) >= 11 is 20.4. The second-order valence-electron chi connectivity index (χ2n) is 6.00. The molecule has 1 aliphatic rings. The number of thioether (sulfide) groups is 1. The van der Waals surface area contributed by atoms with Crippen molar-refractivity contribution >= 4 is 46.6 Å². The van der Waals surface area contributed by atoms with Crippen molar-refractivity contribution in [3.8, 4) is 0 Å². The zero-order valence-corrected chi connectivity index (χ0v) is 16.8. The van der Waals surface area contributed by atoms with Crippen LogP contribution in [0.1, 0.15) is 17.2 Å². The fourth-order valence-electron chi connectivity index (χ4n) is 2.80. The minimum absolute atomic E-state index is 0.0939. The number of rotatable bonds is 6. The predicted octanol–water partition coefficient (Wildman–Crippen LogP) is 5.95. The highest BCUT2D eigenvalue weighted by molar-refractivity contribution is 7.99. The van der Waals surface area contributed by atoms with Gasteiger partial charge >= 0.3 is 0 Å². The Morgan fingerprint density at radius 2 is 1.64 bits per heavy atom. The summed E-state index contributed by atoms with van der Waals surface area (Å²) in [5.41, 5.74) is 2.08.